The molecule has 3 rings (SSSR count). The van der Waals surface area contributed by atoms with Crippen molar-refractivity contribution in [3.8, 4) is 0 Å². The lowest BCUT2D eigenvalue weighted by atomic mass is 9.98. The van der Waals surface area contributed by atoms with Crippen molar-refractivity contribution in [1.29, 1.82) is 0 Å². The fourth-order valence-electron chi connectivity index (χ4n) is 3.97. The molecule has 2 aliphatic heterocycles. The molecule has 0 radical (unpaired) electrons. The van der Waals surface area contributed by atoms with Crippen molar-refractivity contribution in [2.24, 2.45) is 10.9 Å². The standard InChI is InChI=1S/C20H33N5O2S/c1-3-27-20(26)25-11-9-24(10-12-25)19(21-2)22-14-17-6-4-8-23(15-17)16-18-7-5-13-28-18/h5,7,13,17H,3-4,6,8-12,14-16H2,1-2H3,(H,21,22). The van der Waals surface area contributed by atoms with Crippen molar-refractivity contribution in [1.82, 2.24) is 20.0 Å². The molecule has 0 aliphatic carbocycles. The highest BCUT2D eigenvalue weighted by Gasteiger charge is 2.25. The fraction of sp³-hybridized carbons (Fsp3) is 0.700. The quantitative estimate of drug-likeness (QED) is 0.600. The number of nitrogens with zero attached hydrogens (tertiary/aromatic N) is 4. The third-order valence-corrected chi connectivity index (χ3v) is 6.29. The Hall–Kier alpha value is -1.80. The van der Waals surface area contributed by atoms with E-state index in [-0.39, 0.29) is 6.09 Å². The number of amides is 1. The molecule has 8 heteroatoms. The minimum atomic E-state index is -0.210. The van der Waals surface area contributed by atoms with Crippen LogP contribution in [-0.2, 0) is 11.3 Å². The van der Waals surface area contributed by atoms with Gasteiger partial charge < -0.3 is 19.9 Å². The van der Waals surface area contributed by atoms with Crippen LogP contribution >= 0.6 is 11.3 Å². The molecule has 3 heterocycles. The molecule has 1 amide bonds. The number of carbonyl (C=O) groups excluding carboxylic acids is 1. The monoisotopic (exact) mass is 407 g/mol. The highest BCUT2D eigenvalue weighted by molar-refractivity contribution is 7.09. The molecule has 0 spiro atoms. The number of likely N-dealkylation sites (tertiary alicyclic amines) is 1. The molecule has 0 bridgehead atoms. The highest BCUT2D eigenvalue weighted by Crippen LogP contribution is 2.20. The van der Waals surface area contributed by atoms with Gasteiger partial charge in [0.2, 0.25) is 0 Å². The number of hydrogen-bond donors (Lipinski definition) is 1. The van der Waals surface area contributed by atoms with Gasteiger partial charge in [0, 0.05) is 57.7 Å². The van der Waals surface area contributed by atoms with E-state index in [1.54, 1.807) is 4.90 Å². The summed E-state index contributed by atoms with van der Waals surface area (Å²) in [6, 6.07) is 4.36. The zero-order chi connectivity index (χ0) is 19.8. The van der Waals surface area contributed by atoms with E-state index in [1.807, 2.05) is 25.3 Å². The smallest absolute Gasteiger partial charge is 0.409 e. The number of guanidine groups is 1. The predicted octanol–water partition coefficient (Wildman–Crippen LogP) is 2.31. The second-order valence-electron chi connectivity index (χ2n) is 7.42. The van der Waals surface area contributed by atoms with Gasteiger partial charge in [-0.1, -0.05) is 6.07 Å². The maximum absolute atomic E-state index is 11.9. The first-order valence-electron chi connectivity index (χ1n) is 10.3. The van der Waals surface area contributed by atoms with Gasteiger partial charge in [0.1, 0.15) is 0 Å². The molecular weight excluding hydrogens is 374 g/mol. The average molecular weight is 408 g/mol. The van der Waals surface area contributed by atoms with E-state index in [4.69, 9.17) is 4.74 Å². The summed E-state index contributed by atoms with van der Waals surface area (Å²) in [6.45, 7) is 9.54. The van der Waals surface area contributed by atoms with Crippen LogP contribution < -0.4 is 5.32 Å². The number of aliphatic imine (C=N–C) groups is 1. The SMILES string of the molecule is CCOC(=O)N1CCN(C(=NC)NCC2CCCN(Cc3cccs3)C2)CC1. The third-order valence-electron chi connectivity index (χ3n) is 5.43. The number of thiophene rings is 1. The topological polar surface area (TPSA) is 60.4 Å². The lowest BCUT2D eigenvalue weighted by Gasteiger charge is -2.37. The van der Waals surface area contributed by atoms with Crippen LogP contribution in [0.25, 0.3) is 0 Å². The molecule has 28 heavy (non-hydrogen) atoms. The molecule has 1 unspecified atom stereocenters. The van der Waals surface area contributed by atoms with Gasteiger partial charge in [-0.3, -0.25) is 9.89 Å². The summed E-state index contributed by atoms with van der Waals surface area (Å²) in [7, 11) is 1.84. The zero-order valence-corrected chi connectivity index (χ0v) is 17.9. The molecule has 1 aromatic heterocycles. The first kappa shape index (κ1) is 20.9. The van der Waals surface area contributed by atoms with Crippen LogP contribution in [0, 0.1) is 5.92 Å². The summed E-state index contributed by atoms with van der Waals surface area (Å²) < 4.78 is 5.10. The summed E-state index contributed by atoms with van der Waals surface area (Å²) in [6.07, 6.45) is 2.31. The summed E-state index contributed by atoms with van der Waals surface area (Å²) in [4.78, 5) is 24.4. The number of piperazine rings is 1. The van der Waals surface area contributed by atoms with Gasteiger partial charge in [-0.05, 0) is 43.7 Å². The van der Waals surface area contributed by atoms with Crippen molar-refractivity contribution in [3.63, 3.8) is 0 Å². The lowest BCUT2D eigenvalue weighted by molar-refractivity contribution is 0.0913. The first-order chi connectivity index (χ1) is 13.7. The number of hydrogen-bond acceptors (Lipinski definition) is 5. The Kier molecular flexibility index (Phi) is 7.97. The molecule has 1 N–H and O–H groups in total. The fourth-order valence-corrected chi connectivity index (χ4v) is 4.71. The minimum Gasteiger partial charge on any atom is -0.450 e. The minimum absolute atomic E-state index is 0.210. The summed E-state index contributed by atoms with van der Waals surface area (Å²) in [5.74, 6) is 1.59. The highest BCUT2D eigenvalue weighted by atomic mass is 32.1. The van der Waals surface area contributed by atoms with Gasteiger partial charge in [-0.25, -0.2) is 4.79 Å². The van der Waals surface area contributed by atoms with E-state index in [9.17, 15) is 4.79 Å². The van der Waals surface area contributed by atoms with E-state index in [1.165, 1.54) is 24.3 Å². The van der Waals surface area contributed by atoms with Crippen molar-refractivity contribution in [2.75, 3.05) is 59.5 Å². The van der Waals surface area contributed by atoms with E-state index in [0.29, 0.717) is 25.6 Å². The van der Waals surface area contributed by atoms with Gasteiger partial charge in [0.25, 0.3) is 0 Å². The number of carbonyl (C=O) groups is 1. The molecule has 0 aromatic carbocycles. The zero-order valence-electron chi connectivity index (χ0n) is 17.1. The summed E-state index contributed by atoms with van der Waals surface area (Å²) in [5, 5.41) is 5.73. The van der Waals surface area contributed by atoms with Crippen LogP contribution in [0.1, 0.15) is 24.6 Å². The van der Waals surface area contributed by atoms with E-state index in [0.717, 1.165) is 38.7 Å². The molecule has 7 nitrogen and oxygen atoms in total. The van der Waals surface area contributed by atoms with E-state index >= 15 is 0 Å². The molecule has 1 aromatic rings. The molecule has 156 valence electrons. The Morgan fingerprint density at radius 1 is 1.29 bits per heavy atom. The van der Waals surface area contributed by atoms with Crippen LogP contribution in [0.4, 0.5) is 4.79 Å². The Morgan fingerprint density at radius 3 is 2.75 bits per heavy atom. The van der Waals surface area contributed by atoms with Crippen LogP contribution in [0.15, 0.2) is 22.5 Å². The number of rotatable bonds is 5. The Morgan fingerprint density at radius 2 is 2.07 bits per heavy atom. The maximum atomic E-state index is 11.9. The van der Waals surface area contributed by atoms with Crippen LogP contribution in [0.3, 0.4) is 0 Å². The second kappa shape index (κ2) is 10.7. The second-order valence-corrected chi connectivity index (χ2v) is 8.46. The molecule has 0 saturated carbocycles. The largest absolute Gasteiger partial charge is 0.450 e. The van der Waals surface area contributed by atoms with Crippen molar-refractivity contribution in [2.45, 2.75) is 26.3 Å². The summed E-state index contributed by atoms with van der Waals surface area (Å²) >= 11 is 1.84. The van der Waals surface area contributed by atoms with Gasteiger partial charge in [-0.15, -0.1) is 11.3 Å². The third kappa shape index (κ3) is 5.85. The lowest BCUT2D eigenvalue weighted by Crippen LogP contribution is -2.54. The van der Waals surface area contributed by atoms with E-state index < -0.39 is 0 Å². The van der Waals surface area contributed by atoms with Gasteiger partial charge in [-0.2, -0.15) is 0 Å². The number of piperidine rings is 1. The Balaban J connectivity index is 1.42. The van der Waals surface area contributed by atoms with Crippen molar-refractivity contribution < 1.29 is 9.53 Å². The molecule has 1 atom stereocenters. The van der Waals surface area contributed by atoms with Crippen LogP contribution in [0.2, 0.25) is 0 Å². The molecular formula is C20H33N5O2S. The van der Waals surface area contributed by atoms with Gasteiger partial charge in [0.05, 0.1) is 6.61 Å². The molecule has 2 saturated heterocycles. The normalized spacial score (nSPS) is 21.6. The Bertz CT molecular complexity index is 629. The average Bonchev–Trinajstić information content (AvgIpc) is 3.22. The molecule has 2 aliphatic rings. The van der Waals surface area contributed by atoms with Gasteiger partial charge in [0.15, 0.2) is 5.96 Å². The molecule has 2 fully saturated rings. The van der Waals surface area contributed by atoms with Gasteiger partial charge >= 0.3 is 6.09 Å². The van der Waals surface area contributed by atoms with E-state index in [2.05, 4.69) is 37.6 Å². The maximum Gasteiger partial charge on any atom is 0.409 e. The number of ether oxygens (including phenoxy) is 1. The van der Waals surface area contributed by atoms with Crippen LogP contribution in [-0.4, -0.2) is 86.2 Å². The number of nitrogens with one attached hydrogen (secondary N) is 1. The predicted molar refractivity (Wildman–Crippen MR) is 114 cm³/mol. The Labute approximate surface area is 172 Å². The van der Waals surface area contributed by atoms with Crippen molar-refractivity contribution >= 4 is 23.4 Å². The van der Waals surface area contributed by atoms with Crippen molar-refractivity contribution in [3.05, 3.63) is 22.4 Å². The van der Waals surface area contributed by atoms with Crippen LogP contribution in [0.5, 0.6) is 0 Å². The first-order valence-corrected chi connectivity index (χ1v) is 11.2. The summed E-state index contributed by atoms with van der Waals surface area (Å²) in [5.41, 5.74) is 0.